The van der Waals surface area contributed by atoms with Crippen LogP contribution in [-0.2, 0) is 14.8 Å². The zero-order valence-electron chi connectivity index (χ0n) is 18.3. The summed E-state index contributed by atoms with van der Waals surface area (Å²) in [7, 11) is -3.87. The van der Waals surface area contributed by atoms with Crippen molar-refractivity contribution >= 4 is 33.4 Å². The Kier molecular flexibility index (Phi) is 8.36. The molecule has 0 heterocycles. The number of rotatable bonds is 10. The van der Waals surface area contributed by atoms with E-state index >= 15 is 0 Å². The second-order valence-corrected chi connectivity index (χ2v) is 10.6. The van der Waals surface area contributed by atoms with Gasteiger partial charge in [0.1, 0.15) is 6.54 Å². The summed E-state index contributed by atoms with van der Waals surface area (Å²) in [4.78, 5) is 14.0. The number of thioether (sulfide) groups is 1. The number of benzene rings is 3. The van der Waals surface area contributed by atoms with E-state index < -0.39 is 10.0 Å². The monoisotopic (exact) mass is 468 g/mol. The van der Waals surface area contributed by atoms with Gasteiger partial charge in [-0.25, -0.2) is 8.42 Å². The Hall–Kier alpha value is -2.77. The Morgan fingerprint density at radius 2 is 1.62 bits per heavy atom. The lowest BCUT2D eigenvalue weighted by molar-refractivity contribution is -0.119. The molecular weight excluding hydrogens is 440 g/mol. The minimum Gasteiger partial charge on any atom is -0.354 e. The van der Waals surface area contributed by atoms with Gasteiger partial charge in [-0.15, -0.1) is 11.8 Å². The van der Waals surface area contributed by atoms with Gasteiger partial charge >= 0.3 is 0 Å². The van der Waals surface area contributed by atoms with Crippen molar-refractivity contribution in [3.63, 3.8) is 0 Å². The summed E-state index contributed by atoms with van der Waals surface area (Å²) in [5.74, 6) is 0.541. The van der Waals surface area contributed by atoms with Crippen molar-refractivity contribution in [2.75, 3.05) is 23.1 Å². The number of nitrogens with zero attached hydrogens (tertiary/aromatic N) is 1. The van der Waals surface area contributed by atoms with Gasteiger partial charge in [-0.3, -0.25) is 9.10 Å². The summed E-state index contributed by atoms with van der Waals surface area (Å²) >= 11 is 1.74. The molecule has 0 fully saturated rings. The third-order valence-corrected chi connectivity index (χ3v) is 7.73. The molecule has 1 amide bonds. The first-order chi connectivity index (χ1) is 15.4. The first-order valence-corrected chi connectivity index (χ1v) is 12.9. The van der Waals surface area contributed by atoms with Crippen molar-refractivity contribution < 1.29 is 13.2 Å². The summed E-state index contributed by atoms with van der Waals surface area (Å²) in [6, 6.07) is 23.7. The molecule has 0 bridgehead atoms. The third kappa shape index (κ3) is 6.61. The fraction of sp³-hybridized carbons (Fsp3) is 0.240. The first kappa shape index (κ1) is 23.9. The zero-order valence-corrected chi connectivity index (χ0v) is 20.0. The van der Waals surface area contributed by atoms with Crippen LogP contribution in [0.1, 0.15) is 17.5 Å². The standard InChI is InChI=1S/C25H28N2O3S2/c1-20-12-14-23(15-13-20)31-17-7-16-26-25(28)19-27(22-9-6-8-21(2)18-22)32(29,30)24-10-4-3-5-11-24/h3-6,8-15,18H,7,16-17,19H2,1-2H3,(H,26,28). The fourth-order valence-corrected chi connectivity index (χ4v) is 5.42. The summed E-state index contributed by atoms with van der Waals surface area (Å²) in [6.07, 6.45) is 0.792. The van der Waals surface area contributed by atoms with Crippen LogP contribution in [0.2, 0.25) is 0 Å². The summed E-state index contributed by atoms with van der Waals surface area (Å²) in [5.41, 5.74) is 2.62. The molecular formula is C25H28N2O3S2. The van der Waals surface area contributed by atoms with Gasteiger partial charge in [0.05, 0.1) is 10.6 Å². The van der Waals surface area contributed by atoms with Gasteiger partial charge in [0.15, 0.2) is 0 Å². The highest BCUT2D eigenvalue weighted by Gasteiger charge is 2.27. The van der Waals surface area contributed by atoms with Gasteiger partial charge in [0, 0.05) is 11.4 Å². The number of anilines is 1. The highest BCUT2D eigenvalue weighted by molar-refractivity contribution is 7.99. The third-order valence-electron chi connectivity index (χ3n) is 4.84. The maximum absolute atomic E-state index is 13.3. The predicted octanol–water partition coefficient (Wildman–Crippen LogP) is 4.80. The van der Waals surface area contributed by atoms with Crippen LogP contribution < -0.4 is 9.62 Å². The van der Waals surface area contributed by atoms with Crippen molar-refractivity contribution in [2.24, 2.45) is 0 Å². The molecule has 1 N–H and O–H groups in total. The molecule has 3 aromatic rings. The molecule has 0 aliphatic rings. The second kappa shape index (κ2) is 11.2. The summed E-state index contributed by atoms with van der Waals surface area (Å²) < 4.78 is 27.7. The summed E-state index contributed by atoms with van der Waals surface area (Å²) in [5, 5.41) is 2.86. The van der Waals surface area contributed by atoms with E-state index in [9.17, 15) is 13.2 Å². The second-order valence-electron chi connectivity index (χ2n) is 7.53. The molecule has 0 aliphatic heterocycles. The van der Waals surface area contributed by atoms with E-state index in [2.05, 4.69) is 36.5 Å². The maximum atomic E-state index is 13.3. The van der Waals surface area contributed by atoms with E-state index in [1.54, 1.807) is 60.3 Å². The zero-order chi connectivity index (χ0) is 23.0. The SMILES string of the molecule is Cc1ccc(SCCCNC(=O)CN(c2cccc(C)c2)S(=O)(=O)c2ccccc2)cc1. The van der Waals surface area contributed by atoms with E-state index in [0.717, 1.165) is 17.7 Å². The number of carbonyl (C=O) groups is 1. The van der Waals surface area contributed by atoms with E-state index in [0.29, 0.717) is 12.2 Å². The Morgan fingerprint density at radius 1 is 0.906 bits per heavy atom. The molecule has 0 radical (unpaired) electrons. The molecule has 0 aliphatic carbocycles. The molecule has 3 rings (SSSR count). The average Bonchev–Trinajstić information content (AvgIpc) is 2.79. The van der Waals surface area contributed by atoms with Crippen molar-refractivity contribution in [3.8, 4) is 0 Å². The normalized spacial score (nSPS) is 11.2. The number of nitrogens with one attached hydrogen (secondary N) is 1. The molecule has 7 heteroatoms. The highest BCUT2D eigenvalue weighted by atomic mass is 32.2. The lowest BCUT2D eigenvalue weighted by Gasteiger charge is -2.24. The molecule has 0 atom stereocenters. The number of hydrogen-bond donors (Lipinski definition) is 1. The minimum absolute atomic E-state index is 0.156. The largest absolute Gasteiger partial charge is 0.354 e. The first-order valence-electron chi connectivity index (χ1n) is 10.5. The van der Waals surface area contributed by atoms with Gasteiger partial charge < -0.3 is 5.32 Å². The van der Waals surface area contributed by atoms with Gasteiger partial charge in [-0.05, 0) is 68.0 Å². The minimum atomic E-state index is -3.87. The van der Waals surface area contributed by atoms with Gasteiger partial charge in [-0.1, -0.05) is 48.0 Å². The van der Waals surface area contributed by atoms with Crippen LogP contribution in [0, 0.1) is 13.8 Å². The quantitative estimate of drug-likeness (QED) is 0.343. The van der Waals surface area contributed by atoms with Crippen LogP contribution in [0.5, 0.6) is 0 Å². The van der Waals surface area contributed by atoms with Crippen LogP contribution in [0.15, 0.2) is 88.7 Å². The maximum Gasteiger partial charge on any atom is 0.264 e. The average molecular weight is 469 g/mol. The van der Waals surface area contributed by atoms with Crippen LogP contribution >= 0.6 is 11.8 Å². The van der Waals surface area contributed by atoms with E-state index in [-0.39, 0.29) is 17.3 Å². The molecule has 0 saturated carbocycles. The van der Waals surface area contributed by atoms with Crippen molar-refractivity contribution in [3.05, 3.63) is 90.0 Å². The molecule has 5 nitrogen and oxygen atoms in total. The van der Waals surface area contributed by atoms with Gasteiger partial charge in [0.25, 0.3) is 10.0 Å². The lowest BCUT2D eigenvalue weighted by Crippen LogP contribution is -2.41. The molecule has 0 unspecified atom stereocenters. The Morgan fingerprint density at radius 3 is 2.31 bits per heavy atom. The molecule has 168 valence electrons. The highest BCUT2D eigenvalue weighted by Crippen LogP contribution is 2.24. The van der Waals surface area contributed by atoms with Gasteiger partial charge in [0.2, 0.25) is 5.91 Å². The lowest BCUT2D eigenvalue weighted by atomic mass is 10.2. The topological polar surface area (TPSA) is 66.5 Å². The van der Waals surface area contributed by atoms with Crippen LogP contribution in [-0.4, -0.2) is 33.2 Å². The van der Waals surface area contributed by atoms with E-state index in [1.807, 2.05) is 13.0 Å². The summed E-state index contributed by atoms with van der Waals surface area (Å²) in [6.45, 7) is 4.17. The van der Waals surface area contributed by atoms with E-state index in [1.165, 1.54) is 14.8 Å². The van der Waals surface area contributed by atoms with Crippen molar-refractivity contribution in [2.45, 2.75) is 30.1 Å². The molecule has 32 heavy (non-hydrogen) atoms. The fourth-order valence-electron chi connectivity index (χ4n) is 3.13. The number of aryl methyl sites for hydroxylation is 2. The van der Waals surface area contributed by atoms with Gasteiger partial charge in [-0.2, -0.15) is 0 Å². The number of carbonyl (C=O) groups excluding carboxylic acids is 1. The van der Waals surface area contributed by atoms with Crippen molar-refractivity contribution in [1.82, 2.24) is 5.32 Å². The molecule has 3 aromatic carbocycles. The molecule has 0 spiro atoms. The Bertz CT molecular complexity index is 1130. The predicted molar refractivity (Wildman–Crippen MR) is 132 cm³/mol. The van der Waals surface area contributed by atoms with Crippen LogP contribution in [0.4, 0.5) is 5.69 Å². The molecule has 0 aromatic heterocycles. The number of amides is 1. The number of hydrogen-bond acceptors (Lipinski definition) is 4. The molecule has 0 saturated heterocycles. The Balaban J connectivity index is 1.62. The Labute approximate surface area is 194 Å². The van der Waals surface area contributed by atoms with E-state index in [4.69, 9.17) is 0 Å². The van der Waals surface area contributed by atoms with Crippen molar-refractivity contribution in [1.29, 1.82) is 0 Å². The number of sulfonamides is 1. The van der Waals surface area contributed by atoms with Crippen LogP contribution in [0.25, 0.3) is 0 Å². The van der Waals surface area contributed by atoms with Crippen LogP contribution in [0.3, 0.4) is 0 Å². The smallest absolute Gasteiger partial charge is 0.264 e.